The largest absolute Gasteiger partial charge is 0.497 e. The van der Waals surface area contributed by atoms with Crippen molar-refractivity contribution in [3.05, 3.63) is 83.2 Å². The molecule has 0 unspecified atom stereocenters. The van der Waals surface area contributed by atoms with E-state index in [4.69, 9.17) is 17.0 Å². The highest BCUT2D eigenvalue weighted by atomic mass is 32.1. The number of hydrogen-bond donors (Lipinski definition) is 1. The summed E-state index contributed by atoms with van der Waals surface area (Å²) in [6.45, 7) is 3.89. The highest BCUT2D eigenvalue weighted by Gasteiger charge is 2.34. The maximum atomic E-state index is 13.2. The van der Waals surface area contributed by atoms with Crippen LogP contribution in [0.15, 0.2) is 66.4 Å². The number of carbonyl (C=O) groups excluding carboxylic acids is 2. The summed E-state index contributed by atoms with van der Waals surface area (Å²) in [6, 6.07) is 17.0. The summed E-state index contributed by atoms with van der Waals surface area (Å²) in [4.78, 5) is 27.1. The van der Waals surface area contributed by atoms with Gasteiger partial charge in [-0.1, -0.05) is 12.1 Å². The number of benzene rings is 2. The van der Waals surface area contributed by atoms with E-state index in [0.717, 1.165) is 28.3 Å². The number of hydrogen-bond acceptors (Lipinski definition) is 4. The molecule has 0 radical (unpaired) electrons. The second kappa shape index (κ2) is 8.20. The minimum atomic E-state index is -0.506. The molecular formula is C24H21N3O3S. The fourth-order valence-electron chi connectivity index (χ4n) is 3.52. The Morgan fingerprint density at radius 1 is 1.00 bits per heavy atom. The Bertz CT molecular complexity index is 1230. The van der Waals surface area contributed by atoms with Gasteiger partial charge in [0.05, 0.1) is 12.8 Å². The summed E-state index contributed by atoms with van der Waals surface area (Å²) < 4.78 is 7.20. The number of aryl methyl sites for hydroxylation is 2. The van der Waals surface area contributed by atoms with E-state index in [1.807, 2.05) is 73.1 Å². The SMILES string of the molecule is COc1ccc(-n2cc(/C=C3/C(=O)NC(=S)N(c4cccc(C)c4)C3=O)cc2C)cc1. The van der Waals surface area contributed by atoms with Crippen LogP contribution >= 0.6 is 12.2 Å². The van der Waals surface area contributed by atoms with Gasteiger partial charge in [-0.05, 0) is 85.7 Å². The minimum Gasteiger partial charge on any atom is -0.497 e. The van der Waals surface area contributed by atoms with E-state index in [0.29, 0.717) is 5.69 Å². The zero-order chi connectivity index (χ0) is 22.1. The van der Waals surface area contributed by atoms with E-state index in [1.165, 1.54) is 4.90 Å². The van der Waals surface area contributed by atoms with Gasteiger partial charge >= 0.3 is 0 Å². The molecule has 2 heterocycles. The van der Waals surface area contributed by atoms with Gasteiger partial charge in [0.25, 0.3) is 11.8 Å². The minimum absolute atomic E-state index is 0.0296. The predicted octanol–water partition coefficient (Wildman–Crippen LogP) is 3.93. The normalized spacial score (nSPS) is 15.4. The van der Waals surface area contributed by atoms with Crippen LogP contribution in [0.2, 0.25) is 0 Å². The number of aromatic nitrogens is 1. The molecule has 1 aliphatic heterocycles. The molecular weight excluding hydrogens is 410 g/mol. The smallest absolute Gasteiger partial charge is 0.270 e. The average Bonchev–Trinajstić information content (AvgIpc) is 3.11. The lowest BCUT2D eigenvalue weighted by atomic mass is 10.1. The summed E-state index contributed by atoms with van der Waals surface area (Å²) in [5.74, 6) is -0.185. The van der Waals surface area contributed by atoms with Gasteiger partial charge in [0.15, 0.2) is 5.11 Å². The van der Waals surface area contributed by atoms with Gasteiger partial charge in [-0.2, -0.15) is 0 Å². The van der Waals surface area contributed by atoms with Crippen molar-refractivity contribution in [3.8, 4) is 11.4 Å². The lowest BCUT2D eigenvalue weighted by Gasteiger charge is -2.29. The molecule has 3 aromatic rings. The molecule has 1 fully saturated rings. The molecule has 0 saturated carbocycles. The Kier molecular flexibility index (Phi) is 5.44. The van der Waals surface area contributed by atoms with E-state index in [-0.39, 0.29) is 10.7 Å². The van der Waals surface area contributed by atoms with Gasteiger partial charge in [-0.15, -0.1) is 0 Å². The number of thiocarbonyl (C=S) groups is 1. The van der Waals surface area contributed by atoms with E-state index >= 15 is 0 Å². The number of ether oxygens (including phenoxy) is 1. The van der Waals surface area contributed by atoms with E-state index in [2.05, 4.69) is 5.32 Å². The molecule has 156 valence electrons. The Morgan fingerprint density at radius 3 is 2.42 bits per heavy atom. The summed E-state index contributed by atoms with van der Waals surface area (Å²) in [5.41, 5.74) is 4.29. The molecule has 2 aromatic carbocycles. The zero-order valence-electron chi connectivity index (χ0n) is 17.4. The molecule has 1 aliphatic rings. The van der Waals surface area contributed by atoms with E-state index in [9.17, 15) is 9.59 Å². The third kappa shape index (κ3) is 4.00. The third-order valence-electron chi connectivity index (χ3n) is 5.06. The molecule has 1 aromatic heterocycles. The molecule has 0 spiro atoms. The number of nitrogens with one attached hydrogen (secondary N) is 1. The van der Waals surface area contributed by atoms with Crippen molar-refractivity contribution >= 4 is 40.9 Å². The zero-order valence-corrected chi connectivity index (χ0v) is 18.2. The molecule has 7 heteroatoms. The van der Waals surface area contributed by atoms with E-state index in [1.54, 1.807) is 19.3 Å². The lowest BCUT2D eigenvalue weighted by molar-refractivity contribution is -0.122. The Balaban J connectivity index is 1.69. The topological polar surface area (TPSA) is 63.6 Å². The number of amides is 2. The first-order chi connectivity index (χ1) is 14.9. The van der Waals surface area contributed by atoms with Crippen LogP contribution in [0.5, 0.6) is 5.75 Å². The van der Waals surface area contributed by atoms with Crippen molar-refractivity contribution in [2.75, 3.05) is 12.0 Å². The average molecular weight is 432 g/mol. The Morgan fingerprint density at radius 2 is 1.74 bits per heavy atom. The van der Waals surface area contributed by atoms with Gasteiger partial charge in [-0.25, -0.2) is 0 Å². The molecule has 4 rings (SSSR count). The number of methoxy groups -OCH3 is 1. The van der Waals surface area contributed by atoms with Gasteiger partial charge in [0, 0.05) is 17.6 Å². The van der Waals surface area contributed by atoms with Gasteiger partial charge in [0.1, 0.15) is 11.3 Å². The Hall–Kier alpha value is -3.71. The monoisotopic (exact) mass is 431 g/mol. The third-order valence-corrected chi connectivity index (χ3v) is 5.34. The first kappa shape index (κ1) is 20.6. The summed E-state index contributed by atoms with van der Waals surface area (Å²) in [6.07, 6.45) is 3.48. The quantitative estimate of drug-likeness (QED) is 0.386. The highest BCUT2D eigenvalue weighted by Crippen LogP contribution is 2.24. The summed E-state index contributed by atoms with van der Waals surface area (Å²) >= 11 is 5.26. The first-order valence-corrected chi connectivity index (χ1v) is 10.1. The van der Waals surface area contributed by atoms with Crippen molar-refractivity contribution in [2.45, 2.75) is 13.8 Å². The van der Waals surface area contributed by atoms with Crippen molar-refractivity contribution in [2.24, 2.45) is 0 Å². The standard InChI is InChI=1S/C24H21N3O3S/c1-15-5-4-6-19(11-15)27-23(29)21(22(28)25-24(27)31)13-17-12-16(2)26(14-17)18-7-9-20(30-3)10-8-18/h4-14H,1-3H3,(H,25,28,31)/b21-13-. The molecule has 31 heavy (non-hydrogen) atoms. The number of nitrogens with zero attached hydrogens (tertiary/aromatic N) is 2. The second-order valence-corrected chi connectivity index (χ2v) is 7.67. The van der Waals surface area contributed by atoms with Crippen LogP contribution in [0.25, 0.3) is 11.8 Å². The fraction of sp³-hybridized carbons (Fsp3) is 0.125. The second-order valence-electron chi connectivity index (χ2n) is 7.28. The van der Waals surface area contributed by atoms with Gasteiger partial charge < -0.3 is 9.30 Å². The van der Waals surface area contributed by atoms with Crippen LogP contribution in [-0.2, 0) is 9.59 Å². The highest BCUT2D eigenvalue weighted by molar-refractivity contribution is 7.80. The van der Waals surface area contributed by atoms with Crippen LogP contribution in [-0.4, -0.2) is 28.6 Å². The molecule has 1 saturated heterocycles. The van der Waals surface area contributed by atoms with Crippen LogP contribution in [0.4, 0.5) is 5.69 Å². The molecule has 6 nitrogen and oxygen atoms in total. The van der Waals surface area contributed by atoms with Gasteiger partial charge in [0.2, 0.25) is 0 Å². The maximum Gasteiger partial charge on any atom is 0.270 e. The Labute approximate surface area is 185 Å². The summed E-state index contributed by atoms with van der Waals surface area (Å²) in [5, 5.41) is 2.70. The number of carbonyl (C=O) groups is 2. The summed E-state index contributed by atoms with van der Waals surface area (Å²) in [7, 11) is 1.62. The fourth-order valence-corrected chi connectivity index (χ4v) is 3.81. The van der Waals surface area contributed by atoms with Crippen molar-refractivity contribution in [3.63, 3.8) is 0 Å². The molecule has 0 atom stereocenters. The van der Waals surface area contributed by atoms with E-state index < -0.39 is 11.8 Å². The van der Waals surface area contributed by atoms with Crippen molar-refractivity contribution < 1.29 is 14.3 Å². The van der Waals surface area contributed by atoms with Crippen molar-refractivity contribution in [1.82, 2.24) is 9.88 Å². The predicted molar refractivity (Wildman–Crippen MR) is 124 cm³/mol. The maximum absolute atomic E-state index is 13.2. The molecule has 0 aliphatic carbocycles. The van der Waals surface area contributed by atoms with Crippen LogP contribution in [0, 0.1) is 13.8 Å². The molecule has 1 N–H and O–H groups in total. The number of anilines is 1. The lowest BCUT2D eigenvalue weighted by Crippen LogP contribution is -2.54. The first-order valence-electron chi connectivity index (χ1n) is 9.69. The van der Waals surface area contributed by atoms with Crippen molar-refractivity contribution in [1.29, 1.82) is 0 Å². The van der Waals surface area contributed by atoms with Crippen LogP contribution in [0.1, 0.15) is 16.8 Å². The van der Waals surface area contributed by atoms with Crippen LogP contribution < -0.4 is 15.0 Å². The number of rotatable bonds is 4. The van der Waals surface area contributed by atoms with Gasteiger partial charge in [-0.3, -0.25) is 19.8 Å². The molecule has 0 bridgehead atoms. The van der Waals surface area contributed by atoms with Crippen LogP contribution in [0.3, 0.4) is 0 Å². The molecule has 2 amide bonds.